The molecule has 1 aromatic rings. The van der Waals surface area contributed by atoms with Crippen molar-refractivity contribution in [3.05, 3.63) is 24.0 Å². The summed E-state index contributed by atoms with van der Waals surface area (Å²) in [6.07, 6.45) is 4.19. The van der Waals surface area contributed by atoms with Crippen LogP contribution in [0.2, 0.25) is 0 Å². The molecule has 1 saturated heterocycles. The van der Waals surface area contributed by atoms with Gasteiger partial charge < -0.3 is 20.1 Å². The fourth-order valence-electron chi connectivity index (χ4n) is 3.16. The largest absolute Gasteiger partial charge is 0.376 e. The van der Waals surface area contributed by atoms with Crippen molar-refractivity contribution in [1.82, 2.24) is 0 Å². The summed E-state index contributed by atoms with van der Waals surface area (Å²) < 4.78 is 24.5. The molecule has 2 fully saturated rings. The molecule has 1 aliphatic heterocycles. The maximum absolute atomic E-state index is 14.0. The first-order chi connectivity index (χ1) is 12.1. The predicted octanol–water partition coefficient (Wildman–Crippen LogP) is 2.70. The summed E-state index contributed by atoms with van der Waals surface area (Å²) in [6, 6.07) is 4.11. The standard InChI is InChI=1S/C18H23FN2O4/c19-14-7-6-13(20-18(23)16-11-24-8-9-25-16)10-15(14)21-17(22)12-4-2-1-3-5-12/h6-7,10,12,16H,1-5,8-9,11H2,(H,20,23)(H,21,22)/t16-/m1/s1. The van der Waals surface area contributed by atoms with Crippen LogP contribution in [0.25, 0.3) is 0 Å². The van der Waals surface area contributed by atoms with Crippen LogP contribution in [0.5, 0.6) is 0 Å². The van der Waals surface area contributed by atoms with Gasteiger partial charge in [-0.1, -0.05) is 19.3 Å². The van der Waals surface area contributed by atoms with Gasteiger partial charge >= 0.3 is 0 Å². The van der Waals surface area contributed by atoms with Gasteiger partial charge in [0.1, 0.15) is 5.82 Å². The van der Waals surface area contributed by atoms with Gasteiger partial charge in [-0.05, 0) is 31.0 Å². The van der Waals surface area contributed by atoms with Crippen LogP contribution in [0.15, 0.2) is 18.2 Å². The number of hydrogen-bond donors (Lipinski definition) is 2. The minimum atomic E-state index is -0.681. The normalized spacial score (nSPS) is 21.6. The number of amides is 2. The third-order valence-electron chi connectivity index (χ3n) is 4.58. The lowest BCUT2D eigenvalue weighted by Gasteiger charge is -2.22. The Hall–Kier alpha value is -1.99. The van der Waals surface area contributed by atoms with E-state index in [1.165, 1.54) is 18.2 Å². The average Bonchev–Trinajstić information content (AvgIpc) is 2.66. The molecule has 7 heteroatoms. The van der Waals surface area contributed by atoms with Gasteiger partial charge in [-0.2, -0.15) is 0 Å². The molecule has 2 N–H and O–H groups in total. The number of benzene rings is 1. The monoisotopic (exact) mass is 350 g/mol. The van der Waals surface area contributed by atoms with E-state index in [9.17, 15) is 14.0 Å². The van der Waals surface area contributed by atoms with Crippen molar-refractivity contribution in [2.75, 3.05) is 30.5 Å². The topological polar surface area (TPSA) is 76.7 Å². The van der Waals surface area contributed by atoms with Gasteiger partial charge in [0.25, 0.3) is 5.91 Å². The molecule has 1 saturated carbocycles. The lowest BCUT2D eigenvalue weighted by atomic mass is 9.88. The molecule has 0 bridgehead atoms. The number of halogens is 1. The Morgan fingerprint density at radius 3 is 2.56 bits per heavy atom. The number of anilines is 2. The highest BCUT2D eigenvalue weighted by Gasteiger charge is 2.24. The fourth-order valence-corrected chi connectivity index (χ4v) is 3.16. The maximum atomic E-state index is 14.0. The number of carbonyl (C=O) groups excluding carboxylic acids is 2. The summed E-state index contributed by atoms with van der Waals surface area (Å²) in [6.45, 7) is 1.03. The second-order valence-corrected chi connectivity index (χ2v) is 6.44. The molecule has 2 aliphatic rings. The van der Waals surface area contributed by atoms with E-state index in [4.69, 9.17) is 9.47 Å². The second kappa shape index (κ2) is 8.40. The van der Waals surface area contributed by atoms with Crippen molar-refractivity contribution in [2.24, 2.45) is 5.92 Å². The SMILES string of the molecule is O=C(Nc1cc(NC(=O)[C@H]2COCCO2)ccc1F)C1CCCCC1. The molecule has 1 aliphatic carbocycles. The number of carbonyl (C=O) groups is 2. The minimum Gasteiger partial charge on any atom is -0.376 e. The van der Waals surface area contributed by atoms with E-state index >= 15 is 0 Å². The molecule has 0 unspecified atom stereocenters. The minimum absolute atomic E-state index is 0.0702. The highest BCUT2D eigenvalue weighted by atomic mass is 19.1. The van der Waals surface area contributed by atoms with E-state index in [1.54, 1.807) is 0 Å². The first kappa shape index (κ1) is 17.8. The Bertz CT molecular complexity index is 626. The average molecular weight is 350 g/mol. The van der Waals surface area contributed by atoms with E-state index in [2.05, 4.69) is 10.6 Å². The highest BCUT2D eigenvalue weighted by Crippen LogP contribution is 2.26. The van der Waals surface area contributed by atoms with Crippen LogP contribution < -0.4 is 10.6 Å². The van der Waals surface area contributed by atoms with Gasteiger partial charge in [0.05, 0.1) is 25.5 Å². The number of hydrogen-bond acceptors (Lipinski definition) is 4. The molecule has 2 amide bonds. The Balaban J connectivity index is 1.63. The molecular weight excluding hydrogens is 327 g/mol. The lowest BCUT2D eigenvalue weighted by Crippen LogP contribution is -2.39. The molecule has 25 heavy (non-hydrogen) atoms. The van der Waals surface area contributed by atoms with Gasteiger partial charge in [0.15, 0.2) is 6.10 Å². The molecule has 0 aromatic heterocycles. The highest BCUT2D eigenvalue weighted by molar-refractivity contribution is 5.96. The Morgan fingerprint density at radius 2 is 1.84 bits per heavy atom. The molecule has 0 radical (unpaired) electrons. The summed E-state index contributed by atoms with van der Waals surface area (Å²) in [5, 5.41) is 5.32. The maximum Gasteiger partial charge on any atom is 0.255 e. The zero-order chi connectivity index (χ0) is 17.6. The molecule has 6 nitrogen and oxygen atoms in total. The Morgan fingerprint density at radius 1 is 1.04 bits per heavy atom. The van der Waals surface area contributed by atoms with E-state index in [1.807, 2.05) is 0 Å². The summed E-state index contributed by atoms with van der Waals surface area (Å²) in [5.74, 6) is -1.11. The van der Waals surface area contributed by atoms with E-state index in [0.29, 0.717) is 18.9 Å². The van der Waals surface area contributed by atoms with Gasteiger partial charge in [-0.3, -0.25) is 9.59 Å². The van der Waals surface area contributed by atoms with Crippen LogP contribution >= 0.6 is 0 Å². The molecular formula is C18H23FN2O4. The molecule has 0 spiro atoms. The van der Waals surface area contributed by atoms with Crippen LogP contribution in [-0.2, 0) is 19.1 Å². The Kier molecular flexibility index (Phi) is 5.99. The van der Waals surface area contributed by atoms with Crippen molar-refractivity contribution in [2.45, 2.75) is 38.2 Å². The summed E-state index contributed by atoms with van der Waals surface area (Å²) in [7, 11) is 0. The van der Waals surface area contributed by atoms with Gasteiger partial charge in [0, 0.05) is 11.6 Å². The predicted molar refractivity (Wildman–Crippen MR) is 90.8 cm³/mol. The summed E-state index contributed by atoms with van der Waals surface area (Å²) in [5.41, 5.74) is 0.480. The van der Waals surface area contributed by atoms with Gasteiger partial charge in [-0.25, -0.2) is 4.39 Å². The van der Waals surface area contributed by atoms with Crippen LogP contribution in [0, 0.1) is 11.7 Å². The van der Waals surface area contributed by atoms with Crippen molar-refractivity contribution in [3.63, 3.8) is 0 Å². The smallest absolute Gasteiger partial charge is 0.255 e. The van der Waals surface area contributed by atoms with Crippen molar-refractivity contribution < 1.29 is 23.5 Å². The number of nitrogens with one attached hydrogen (secondary N) is 2. The second-order valence-electron chi connectivity index (χ2n) is 6.44. The first-order valence-corrected chi connectivity index (χ1v) is 8.74. The van der Waals surface area contributed by atoms with Crippen molar-refractivity contribution in [1.29, 1.82) is 0 Å². The molecule has 136 valence electrons. The lowest BCUT2D eigenvalue weighted by molar-refractivity contribution is -0.142. The van der Waals surface area contributed by atoms with Gasteiger partial charge in [0.2, 0.25) is 5.91 Å². The summed E-state index contributed by atoms with van der Waals surface area (Å²) >= 11 is 0. The summed E-state index contributed by atoms with van der Waals surface area (Å²) in [4.78, 5) is 24.4. The third-order valence-corrected chi connectivity index (χ3v) is 4.58. The molecule has 1 atom stereocenters. The molecule has 3 rings (SSSR count). The zero-order valence-corrected chi connectivity index (χ0v) is 14.1. The quantitative estimate of drug-likeness (QED) is 0.875. The van der Waals surface area contributed by atoms with Crippen LogP contribution in [0.1, 0.15) is 32.1 Å². The van der Waals surface area contributed by atoms with E-state index in [0.717, 1.165) is 32.1 Å². The van der Waals surface area contributed by atoms with Crippen LogP contribution in [-0.4, -0.2) is 37.7 Å². The van der Waals surface area contributed by atoms with Crippen molar-refractivity contribution in [3.8, 4) is 0 Å². The van der Waals surface area contributed by atoms with E-state index in [-0.39, 0.29) is 30.0 Å². The first-order valence-electron chi connectivity index (χ1n) is 8.74. The van der Waals surface area contributed by atoms with Crippen LogP contribution in [0.3, 0.4) is 0 Å². The van der Waals surface area contributed by atoms with Crippen LogP contribution in [0.4, 0.5) is 15.8 Å². The fraction of sp³-hybridized carbons (Fsp3) is 0.556. The Labute approximate surface area is 146 Å². The molecule has 1 heterocycles. The molecule has 1 aromatic carbocycles. The number of ether oxygens (including phenoxy) is 2. The number of rotatable bonds is 4. The van der Waals surface area contributed by atoms with Gasteiger partial charge in [-0.15, -0.1) is 0 Å². The zero-order valence-electron chi connectivity index (χ0n) is 14.1. The third kappa shape index (κ3) is 4.76. The van der Waals surface area contributed by atoms with E-state index < -0.39 is 11.9 Å². The van der Waals surface area contributed by atoms with Crippen molar-refractivity contribution >= 4 is 23.2 Å².